The third-order valence-electron chi connectivity index (χ3n) is 6.23. The van der Waals surface area contributed by atoms with E-state index in [1.54, 1.807) is 25.2 Å². The maximum absolute atomic E-state index is 12.8. The summed E-state index contributed by atoms with van der Waals surface area (Å²) in [5.74, 6) is -1.14. The van der Waals surface area contributed by atoms with Gasteiger partial charge in [-0.1, -0.05) is 31.1 Å². The Hall–Kier alpha value is -2.12. The molecule has 0 spiro atoms. The molecule has 0 saturated carbocycles. The van der Waals surface area contributed by atoms with Crippen molar-refractivity contribution in [3.8, 4) is 5.75 Å². The summed E-state index contributed by atoms with van der Waals surface area (Å²) in [6.45, 7) is 2.06. The number of nitrogens with zero attached hydrogens (tertiary/aromatic N) is 1. The number of likely N-dealkylation sites (tertiary alicyclic amines) is 1. The summed E-state index contributed by atoms with van der Waals surface area (Å²) in [4.78, 5) is 26.6. The van der Waals surface area contributed by atoms with Crippen LogP contribution in [0.15, 0.2) is 35.3 Å². The summed E-state index contributed by atoms with van der Waals surface area (Å²) in [6, 6.07) is 6.77. The Morgan fingerprint density at radius 3 is 2.74 bits per heavy atom. The van der Waals surface area contributed by atoms with Crippen LogP contribution in [0.5, 0.6) is 5.75 Å². The largest absolute Gasteiger partial charge is 0.508 e. The first kappa shape index (κ1) is 18.3. The fourth-order valence-corrected chi connectivity index (χ4v) is 5.05. The molecule has 2 N–H and O–H groups in total. The van der Waals surface area contributed by atoms with Crippen molar-refractivity contribution in [3.63, 3.8) is 0 Å². The van der Waals surface area contributed by atoms with E-state index in [1.807, 2.05) is 6.07 Å². The molecule has 2 saturated heterocycles. The maximum atomic E-state index is 12.8. The highest BCUT2D eigenvalue weighted by Gasteiger charge is 2.56. The molecular formula is C20H24BNO5. The number of carbonyl (C=O) groups excluding carboxylic acids is 2. The van der Waals surface area contributed by atoms with Crippen LogP contribution < -0.4 is 0 Å². The van der Waals surface area contributed by atoms with Gasteiger partial charge in [-0.15, -0.1) is 0 Å². The Kier molecular flexibility index (Phi) is 4.60. The number of phenolic OH excluding ortho intramolecular Hbond substituents is 1. The van der Waals surface area contributed by atoms with Crippen LogP contribution in [-0.2, 0) is 14.2 Å². The Bertz CT molecular complexity index is 822. The number of allylic oxidation sites excluding steroid dienone is 2. The number of carbonyl (C=O) groups is 2. The van der Waals surface area contributed by atoms with E-state index in [0.717, 1.165) is 29.5 Å². The number of phenols is 1. The topological polar surface area (TPSA) is 87.1 Å². The van der Waals surface area contributed by atoms with Crippen LogP contribution in [-0.4, -0.2) is 41.0 Å². The van der Waals surface area contributed by atoms with E-state index in [0.29, 0.717) is 12.8 Å². The lowest BCUT2D eigenvalue weighted by atomic mass is 9.54. The molecule has 0 radical (unpaired) electrons. The van der Waals surface area contributed by atoms with Crippen molar-refractivity contribution >= 4 is 18.9 Å². The van der Waals surface area contributed by atoms with Crippen molar-refractivity contribution in [2.24, 2.45) is 17.8 Å². The standard InChI is InChI=1S/C20H24BNO5/c1-3-5-12-9-15-17(20(25)22(2)19(15)24)14-10-16(27-21(26)18(12)14)11-6-4-7-13(23)8-11/h4,6-8,14-17,23,26H,3,5,9-10H2,1-2H3/t14-,15-,16-,17+/m0/s1. The Morgan fingerprint density at radius 1 is 1.26 bits per heavy atom. The van der Waals surface area contributed by atoms with Gasteiger partial charge in [0.15, 0.2) is 0 Å². The summed E-state index contributed by atoms with van der Waals surface area (Å²) >= 11 is 0. The van der Waals surface area contributed by atoms with Gasteiger partial charge in [0.25, 0.3) is 0 Å². The normalized spacial score (nSPS) is 30.6. The highest BCUT2D eigenvalue weighted by atomic mass is 16.5. The van der Waals surface area contributed by atoms with Crippen LogP contribution in [0.3, 0.4) is 0 Å². The fraction of sp³-hybridized carbons (Fsp3) is 0.500. The number of benzene rings is 1. The first-order chi connectivity index (χ1) is 12.9. The van der Waals surface area contributed by atoms with E-state index in [1.165, 1.54) is 4.90 Å². The predicted molar refractivity (Wildman–Crippen MR) is 99.3 cm³/mol. The highest BCUT2D eigenvalue weighted by molar-refractivity contribution is 6.53. The molecule has 1 aromatic rings. The molecule has 4 atom stereocenters. The number of imide groups is 1. The Labute approximate surface area is 159 Å². The number of aromatic hydroxyl groups is 1. The molecule has 4 rings (SSSR count). The third kappa shape index (κ3) is 2.89. The summed E-state index contributed by atoms with van der Waals surface area (Å²) in [6.07, 6.45) is 2.30. The highest BCUT2D eigenvalue weighted by Crippen LogP contribution is 2.51. The van der Waals surface area contributed by atoms with Crippen LogP contribution in [0.2, 0.25) is 0 Å². The second kappa shape index (κ2) is 6.80. The smallest absolute Gasteiger partial charge is 0.487 e. The number of amides is 2. The van der Waals surface area contributed by atoms with Gasteiger partial charge in [-0.3, -0.25) is 14.5 Å². The summed E-state index contributed by atoms with van der Waals surface area (Å²) in [5, 5.41) is 20.6. The lowest BCUT2D eigenvalue weighted by molar-refractivity contribution is -0.138. The molecule has 27 heavy (non-hydrogen) atoms. The molecule has 7 heteroatoms. The van der Waals surface area contributed by atoms with Crippen molar-refractivity contribution in [3.05, 3.63) is 40.9 Å². The van der Waals surface area contributed by atoms with Crippen molar-refractivity contribution in [2.75, 3.05) is 7.05 Å². The van der Waals surface area contributed by atoms with Crippen molar-refractivity contribution in [1.82, 2.24) is 4.90 Å². The SMILES string of the molecule is CCCC1=C2B(O)O[C@H](c3cccc(O)c3)C[C@H]2[C@H]2C(=O)N(C)C(=O)[C@H]2C1. The van der Waals surface area contributed by atoms with E-state index in [-0.39, 0.29) is 29.4 Å². The molecule has 2 heterocycles. The Balaban J connectivity index is 1.75. The number of hydrogen-bond donors (Lipinski definition) is 2. The molecular weight excluding hydrogens is 345 g/mol. The number of hydrogen-bond acceptors (Lipinski definition) is 5. The maximum Gasteiger partial charge on any atom is 0.487 e. The number of fused-ring (bicyclic) bond motifs is 3. The van der Waals surface area contributed by atoms with Crippen LogP contribution in [0, 0.1) is 17.8 Å². The van der Waals surface area contributed by atoms with Crippen LogP contribution in [0.4, 0.5) is 0 Å². The zero-order valence-electron chi connectivity index (χ0n) is 15.6. The van der Waals surface area contributed by atoms with E-state index < -0.39 is 19.1 Å². The van der Waals surface area contributed by atoms with Crippen LogP contribution in [0.1, 0.15) is 44.3 Å². The second-order valence-electron chi connectivity index (χ2n) is 7.80. The van der Waals surface area contributed by atoms with Gasteiger partial charge in [0.2, 0.25) is 11.8 Å². The monoisotopic (exact) mass is 369 g/mol. The van der Waals surface area contributed by atoms with Crippen molar-refractivity contribution < 1.29 is 24.4 Å². The first-order valence-electron chi connectivity index (χ1n) is 9.58. The minimum atomic E-state index is -1.09. The average Bonchev–Trinajstić information content (AvgIpc) is 2.86. The quantitative estimate of drug-likeness (QED) is 0.630. The predicted octanol–water partition coefficient (Wildman–Crippen LogP) is 2.22. The van der Waals surface area contributed by atoms with Gasteiger partial charge >= 0.3 is 7.12 Å². The lowest BCUT2D eigenvalue weighted by Gasteiger charge is -2.42. The lowest BCUT2D eigenvalue weighted by Crippen LogP contribution is -2.44. The van der Waals surface area contributed by atoms with Gasteiger partial charge in [0.05, 0.1) is 17.9 Å². The van der Waals surface area contributed by atoms with Crippen LogP contribution >= 0.6 is 0 Å². The first-order valence-corrected chi connectivity index (χ1v) is 9.58. The average molecular weight is 369 g/mol. The molecule has 2 amide bonds. The van der Waals surface area contributed by atoms with Gasteiger partial charge in [0, 0.05) is 7.05 Å². The van der Waals surface area contributed by atoms with E-state index in [9.17, 15) is 19.7 Å². The summed E-state index contributed by atoms with van der Waals surface area (Å²) in [7, 11) is 0.456. The zero-order valence-corrected chi connectivity index (χ0v) is 15.6. The molecule has 142 valence electrons. The van der Waals surface area contributed by atoms with E-state index in [2.05, 4.69) is 6.92 Å². The fourth-order valence-electron chi connectivity index (χ4n) is 5.05. The molecule has 1 aromatic carbocycles. The summed E-state index contributed by atoms with van der Waals surface area (Å²) < 4.78 is 5.89. The molecule has 0 bridgehead atoms. The van der Waals surface area contributed by atoms with Crippen molar-refractivity contribution in [2.45, 2.75) is 38.7 Å². The zero-order chi connectivity index (χ0) is 19.3. The second-order valence-corrected chi connectivity index (χ2v) is 7.80. The molecule has 3 aliphatic rings. The molecule has 0 aromatic heterocycles. The van der Waals surface area contributed by atoms with E-state index in [4.69, 9.17) is 4.65 Å². The van der Waals surface area contributed by atoms with Gasteiger partial charge in [-0.2, -0.15) is 0 Å². The molecule has 6 nitrogen and oxygen atoms in total. The Morgan fingerprint density at radius 2 is 2.04 bits per heavy atom. The third-order valence-corrected chi connectivity index (χ3v) is 6.23. The summed E-state index contributed by atoms with van der Waals surface area (Å²) in [5.41, 5.74) is 2.62. The number of rotatable bonds is 3. The van der Waals surface area contributed by atoms with Gasteiger partial charge in [-0.05, 0) is 48.3 Å². The van der Waals surface area contributed by atoms with Crippen molar-refractivity contribution in [1.29, 1.82) is 0 Å². The molecule has 2 fully saturated rings. The van der Waals surface area contributed by atoms with E-state index >= 15 is 0 Å². The van der Waals surface area contributed by atoms with Crippen LogP contribution in [0.25, 0.3) is 0 Å². The minimum Gasteiger partial charge on any atom is -0.508 e. The van der Waals surface area contributed by atoms with Gasteiger partial charge in [0.1, 0.15) is 5.75 Å². The van der Waals surface area contributed by atoms with Gasteiger partial charge < -0.3 is 14.8 Å². The molecule has 0 unspecified atom stereocenters. The minimum absolute atomic E-state index is 0.118. The van der Waals surface area contributed by atoms with Gasteiger partial charge in [-0.25, -0.2) is 0 Å². The molecule has 1 aliphatic carbocycles. The molecule has 2 aliphatic heterocycles.